The van der Waals surface area contributed by atoms with Crippen molar-refractivity contribution < 1.29 is 18.3 Å². The summed E-state index contributed by atoms with van der Waals surface area (Å²) in [5.74, 6) is -1.71. The quantitative estimate of drug-likeness (QED) is 0.752. The molecule has 2 aromatic rings. The zero-order valence-corrected chi connectivity index (χ0v) is 14.2. The van der Waals surface area contributed by atoms with Crippen LogP contribution < -0.4 is 4.72 Å². The highest BCUT2D eigenvalue weighted by Gasteiger charge is 2.24. The predicted molar refractivity (Wildman–Crippen MR) is 79.5 cm³/mol. The molecule has 0 fully saturated rings. The highest BCUT2D eigenvalue weighted by molar-refractivity contribution is 9.12. The molecule has 2 aromatic heterocycles. The van der Waals surface area contributed by atoms with Gasteiger partial charge in [-0.25, -0.2) is 23.2 Å². The fraction of sp³-hybridized carbons (Fsp3) is 0. The Labute approximate surface area is 134 Å². The molecule has 0 unspecified atom stereocenters. The molecule has 106 valence electrons. The fourth-order valence-corrected chi connectivity index (χ4v) is 6.09. The number of hydrogen-bond acceptors (Lipinski definition) is 6. The first-order valence-corrected chi connectivity index (χ1v) is 8.72. The van der Waals surface area contributed by atoms with Crippen molar-refractivity contribution in [3.63, 3.8) is 0 Å². The van der Waals surface area contributed by atoms with E-state index in [1.807, 2.05) is 0 Å². The fourth-order valence-electron chi connectivity index (χ4n) is 1.26. The molecule has 0 radical (unpaired) electrons. The number of carboxylic acids is 1. The monoisotopic (exact) mass is 441 g/mol. The van der Waals surface area contributed by atoms with Gasteiger partial charge in [-0.15, -0.1) is 11.3 Å². The lowest BCUT2D eigenvalue weighted by atomic mass is 10.4. The van der Waals surface area contributed by atoms with Gasteiger partial charge in [0.1, 0.15) is 4.90 Å². The van der Waals surface area contributed by atoms with Crippen LogP contribution in [0.25, 0.3) is 0 Å². The summed E-state index contributed by atoms with van der Waals surface area (Å²) < 4.78 is 27.5. The van der Waals surface area contributed by atoms with Gasteiger partial charge in [0.15, 0.2) is 11.5 Å². The molecule has 7 nitrogen and oxygen atoms in total. The van der Waals surface area contributed by atoms with E-state index in [0.29, 0.717) is 7.57 Å². The number of carbonyl (C=O) groups is 1. The summed E-state index contributed by atoms with van der Waals surface area (Å²) in [6, 6.07) is 1.40. The number of rotatable bonds is 4. The lowest BCUT2D eigenvalue weighted by Gasteiger charge is -2.07. The third-order valence-corrected chi connectivity index (χ3v) is 6.14. The van der Waals surface area contributed by atoms with Crippen molar-refractivity contribution in [1.29, 1.82) is 0 Å². The van der Waals surface area contributed by atoms with Gasteiger partial charge in [-0.2, -0.15) is 0 Å². The lowest BCUT2D eigenvalue weighted by molar-refractivity contribution is 0.0691. The van der Waals surface area contributed by atoms with Crippen molar-refractivity contribution >= 4 is 65.0 Å². The summed E-state index contributed by atoms with van der Waals surface area (Å²) in [6.45, 7) is 0. The lowest BCUT2D eigenvalue weighted by Crippen LogP contribution is -2.17. The van der Waals surface area contributed by atoms with Crippen LogP contribution in [-0.4, -0.2) is 29.5 Å². The number of nitrogens with zero attached hydrogens (tertiary/aromatic N) is 2. The molecule has 2 rings (SSSR count). The van der Waals surface area contributed by atoms with Crippen LogP contribution in [-0.2, 0) is 10.0 Å². The van der Waals surface area contributed by atoms with Gasteiger partial charge in [0.25, 0.3) is 10.0 Å². The Kier molecular flexibility index (Phi) is 4.42. The SMILES string of the molecule is O=C(O)c1nccnc1NS(=O)(=O)c1cc(Br)sc1Br. The van der Waals surface area contributed by atoms with Gasteiger partial charge >= 0.3 is 5.97 Å². The molecule has 0 amide bonds. The van der Waals surface area contributed by atoms with E-state index in [-0.39, 0.29) is 10.7 Å². The minimum atomic E-state index is -3.96. The molecule has 20 heavy (non-hydrogen) atoms. The van der Waals surface area contributed by atoms with Gasteiger partial charge in [-0.1, -0.05) is 0 Å². The molecule has 2 N–H and O–H groups in total. The van der Waals surface area contributed by atoms with E-state index in [4.69, 9.17) is 5.11 Å². The van der Waals surface area contributed by atoms with Crippen molar-refractivity contribution in [3.05, 3.63) is 31.7 Å². The molecule has 0 saturated carbocycles. The molecule has 0 aliphatic heterocycles. The highest BCUT2D eigenvalue weighted by atomic mass is 79.9. The molecule has 0 bridgehead atoms. The van der Waals surface area contributed by atoms with Crippen LogP contribution in [0.3, 0.4) is 0 Å². The van der Waals surface area contributed by atoms with E-state index in [1.54, 1.807) is 0 Å². The molecule has 0 aliphatic carbocycles. The number of hydrogen-bond donors (Lipinski definition) is 2. The largest absolute Gasteiger partial charge is 0.476 e. The number of sulfonamides is 1. The van der Waals surface area contributed by atoms with E-state index >= 15 is 0 Å². The van der Waals surface area contributed by atoms with Crippen LogP contribution in [0.4, 0.5) is 5.82 Å². The molecule has 0 atom stereocenters. The van der Waals surface area contributed by atoms with Crippen LogP contribution in [0.2, 0.25) is 0 Å². The van der Waals surface area contributed by atoms with E-state index in [0.717, 1.165) is 0 Å². The summed E-state index contributed by atoms with van der Waals surface area (Å²) in [5.41, 5.74) is -0.471. The van der Waals surface area contributed by atoms with Gasteiger partial charge in [0.2, 0.25) is 0 Å². The highest BCUT2D eigenvalue weighted by Crippen LogP contribution is 2.35. The van der Waals surface area contributed by atoms with E-state index in [1.165, 1.54) is 29.8 Å². The topological polar surface area (TPSA) is 109 Å². The summed E-state index contributed by atoms with van der Waals surface area (Å²) in [5, 5.41) is 8.94. The molecular formula is C9H5Br2N3O4S2. The summed E-state index contributed by atoms with van der Waals surface area (Å²) in [4.78, 5) is 18.2. The van der Waals surface area contributed by atoms with Crippen LogP contribution in [0, 0.1) is 0 Å². The van der Waals surface area contributed by atoms with Crippen molar-refractivity contribution in [2.24, 2.45) is 0 Å². The van der Waals surface area contributed by atoms with Crippen LogP contribution in [0.5, 0.6) is 0 Å². The second-order valence-corrected chi connectivity index (χ2v) is 8.75. The average molecular weight is 443 g/mol. The van der Waals surface area contributed by atoms with Gasteiger partial charge in [-0.05, 0) is 37.9 Å². The van der Waals surface area contributed by atoms with Gasteiger partial charge in [0.05, 0.1) is 7.57 Å². The zero-order valence-electron chi connectivity index (χ0n) is 9.37. The van der Waals surface area contributed by atoms with Gasteiger partial charge in [0, 0.05) is 12.4 Å². The summed E-state index contributed by atoms with van der Waals surface area (Å²) in [7, 11) is -3.96. The maximum absolute atomic E-state index is 12.2. The second kappa shape index (κ2) is 5.76. The molecule has 2 heterocycles. The maximum atomic E-state index is 12.2. The number of anilines is 1. The Morgan fingerprint density at radius 1 is 1.30 bits per heavy atom. The summed E-state index contributed by atoms with van der Waals surface area (Å²) >= 11 is 7.48. The Morgan fingerprint density at radius 2 is 1.95 bits per heavy atom. The van der Waals surface area contributed by atoms with Crippen LogP contribution in [0.1, 0.15) is 10.5 Å². The normalized spacial score (nSPS) is 11.3. The van der Waals surface area contributed by atoms with Gasteiger partial charge < -0.3 is 5.11 Å². The van der Waals surface area contributed by atoms with Crippen molar-refractivity contribution in [1.82, 2.24) is 9.97 Å². The van der Waals surface area contributed by atoms with Gasteiger partial charge in [-0.3, -0.25) is 4.72 Å². The average Bonchev–Trinajstić information content (AvgIpc) is 2.69. The number of nitrogens with one attached hydrogen (secondary N) is 1. The third-order valence-electron chi connectivity index (χ3n) is 2.05. The summed E-state index contributed by atoms with van der Waals surface area (Å²) in [6.07, 6.45) is 2.36. The number of thiophene rings is 1. The van der Waals surface area contributed by atoms with Crippen molar-refractivity contribution in [2.45, 2.75) is 4.90 Å². The van der Waals surface area contributed by atoms with E-state index in [2.05, 4.69) is 46.5 Å². The molecule has 0 spiro atoms. The number of carboxylic acid groups (broad SMARTS) is 1. The Bertz CT molecular complexity index is 775. The van der Waals surface area contributed by atoms with Crippen LogP contribution in [0.15, 0.2) is 30.9 Å². The predicted octanol–water partition coefficient (Wildman–Crippen LogP) is 2.56. The Balaban J connectivity index is 2.44. The molecule has 11 heteroatoms. The Hall–Kier alpha value is -1.04. The first kappa shape index (κ1) is 15.4. The first-order valence-electron chi connectivity index (χ1n) is 4.83. The van der Waals surface area contributed by atoms with E-state index in [9.17, 15) is 13.2 Å². The second-order valence-electron chi connectivity index (χ2n) is 3.35. The number of halogens is 2. The zero-order chi connectivity index (χ0) is 14.9. The molecular weight excluding hydrogens is 438 g/mol. The molecule has 0 aromatic carbocycles. The smallest absolute Gasteiger partial charge is 0.358 e. The minimum Gasteiger partial charge on any atom is -0.476 e. The number of aromatic carboxylic acids is 1. The molecule has 0 aliphatic rings. The molecule has 0 saturated heterocycles. The van der Waals surface area contributed by atoms with Crippen molar-refractivity contribution in [3.8, 4) is 0 Å². The maximum Gasteiger partial charge on any atom is 0.358 e. The number of aromatic nitrogens is 2. The first-order chi connectivity index (χ1) is 9.31. The Morgan fingerprint density at radius 3 is 2.50 bits per heavy atom. The minimum absolute atomic E-state index is 0.0173. The van der Waals surface area contributed by atoms with E-state index < -0.39 is 21.7 Å². The van der Waals surface area contributed by atoms with Crippen LogP contribution >= 0.6 is 43.2 Å². The van der Waals surface area contributed by atoms with Crippen molar-refractivity contribution in [2.75, 3.05) is 4.72 Å². The third kappa shape index (κ3) is 3.16. The standard InChI is InChI=1S/C9H5Br2N3O4S2/c10-5-3-4(7(11)19-5)20(17,18)14-8-6(9(15)16)12-1-2-13-8/h1-3H,(H,13,14)(H,15,16).